The van der Waals surface area contributed by atoms with Gasteiger partial charge in [0.05, 0.1) is 0 Å². The van der Waals surface area contributed by atoms with Crippen molar-refractivity contribution in [2.75, 3.05) is 44.7 Å². The van der Waals surface area contributed by atoms with Crippen LogP contribution < -0.4 is 15.5 Å². The summed E-state index contributed by atoms with van der Waals surface area (Å²) in [5.74, 6) is 1.53. The summed E-state index contributed by atoms with van der Waals surface area (Å²) in [6.45, 7) is 7.56. The van der Waals surface area contributed by atoms with Gasteiger partial charge in [-0.15, -0.1) is 0 Å². The minimum atomic E-state index is 0.647. The van der Waals surface area contributed by atoms with E-state index in [4.69, 9.17) is 0 Å². The predicted molar refractivity (Wildman–Crippen MR) is 126 cm³/mol. The molecule has 160 valence electrons. The van der Waals surface area contributed by atoms with Crippen LogP contribution in [0.4, 0.5) is 5.69 Å². The van der Waals surface area contributed by atoms with E-state index in [0.29, 0.717) is 5.92 Å². The molecule has 2 fully saturated rings. The zero-order chi connectivity index (χ0) is 20.6. The molecule has 0 saturated carbocycles. The summed E-state index contributed by atoms with van der Waals surface area (Å²) >= 11 is 0. The van der Waals surface area contributed by atoms with E-state index < -0.39 is 0 Å². The molecular formula is C25H35N5. The monoisotopic (exact) mass is 405 g/mol. The van der Waals surface area contributed by atoms with Crippen LogP contribution >= 0.6 is 0 Å². The predicted octanol–water partition coefficient (Wildman–Crippen LogP) is 3.47. The molecule has 2 aliphatic heterocycles. The summed E-state index contributed by atoms with van der Waals surface area (Å²) in [7, 11) is 1.85. The van der Waals surface area contributed by atoms with Gasteiger partial charge in [0.15, 0.2) is 5.96 Å². The molecule has 0 amide bonds. The normalized spacial score (nSPS) is 20.0. The maximum absolute atomic E-state index is 4.40. The molecule has 2 heterocycles. The molecule has 0 spiro atoms. The number of nitrogens with zero attached hydrogens (tertiary/aromatic N) is 3. The molecule has 2 aliphatic rings. The van der Waals surface area contributed by atoms with Gasteiger partial charge in [-0.25, -0.2) is 0 Å². The average molecular weight is 406 g/mol. The first-order chi connectivity index (χ1) is 14.8. The minimum Gasteiger partial charge on any atom is -0.371 e. The van der Waals surface area contributed by atoms with E-state index in [1.807, 2.05) is 7.05 Å². The Labute approximate surface area is 181 Å². The third-order valence-corrected chi connectivity index (χ3v) is 6.28. The number of rotatable bonds is 7. The first kappa shape index (κ1) is 20.7. The summed E-state index contributed by atoms with van der Waals surface area (Å²) in [5.41, 5.74) is 4.03. The molecule has 0 bridgehead atoms. The Balaban J connectivity index is 1.19. The number of benzene rings is 2. The SMILES string of the molecule is CN=C(NCc1ccc(CN2CCCC2)cc1)NCC1CCN(c2ccccc2)C1. The summed E-state index contributed by atoms with van der Waals surface area (Å²) in [5, 5.41) is 6.98. The number of nitrogens with one attached hydrogen (secondary N) is 2. The van der Waals surface area contributed by atoms with Crippen LogP contribution in [0.25, 0.3) is 0 Å². The summed E-state index contributed by atoms with van der Waals surface area (Å²) < 4.78 is 0. The van der Waals surface area contributed by atoms with Crippen molar-refractivity contribution in [3.05, 3.63) is 65.7 Å². The number of hydrogen-bond donors (Lipinski definition) is 2. The van der Waals surface area contributed by atoms with Gasteiger partial charge in [-0.05, 0) is 61.5 Å². The van der Waals surface area contributed by atoms with Crippen molar-refractivity contribution in [2.45, 2.75) is 32.4 Å². The number of anilines is 1. The fourth-order valence-corrected chi connectivity index (χ4v) is 4.48. The van der Waals surface area contributed by atoms with Gasteiger partial charge in [0.2, 0.25) is 0 Å². The molecule has 30 heavy (non-hydrogen) atoms. The second-order valence-electron chi connectivity index (χ2n) is 8.54. The lowest BCUT2D eigenvalue weighted by atomic mass is 10.1. The Kier molecular flexibility index (Phi) is 7.25. The smallest absolute Gasteiger partial charge is 0.191 e. The van der Waals surface area contributed by atoms with Gasteiger partial charge in [0.1, 0.15) is 0 Å². The van der Waals surface area contributed by atoms with E-state index in [2.05, 4.69) is 80.0 Å². The van der Waals surface area contributed by atoms with E-state index in [1.54, 1.807) is 0 Å². The quantitative estimate of drug-likeness (QED) is 0.547. The molecule has 2 saturated heterocycles. The zero-order valence-corrected chi connectivity index (χ0v) is 18.2. The highest BCUT2D eigenvalue weighted by Gasteiger charge is 2.22. The van der Waals surface area contributed by atoms with Gasteiger partial charge >= 0.3 is 0 Å². The number of likely N-dealkylation sites (tertiary alicyclic amines) is 1. The van der Waals surface area contributed by atoms with Gasteiger partial charge in [-0.2, -0.15) is 0 Å². The molecule has 2 aromatic rings. The highest BCUT2D eigenvalue weighted by molar-refractivity contribution is 5.79. The zero-order valence-electron chi connectivity index (χ0n) is 18.2. The average Bonchev–Trinajstić information content (AvgIpc) is 3.48. The van der Waals surface area contributed by atoms with Gasteiger partial charge < -0.3 is 15.5 Å². The molecule has 5 heteroatoms. The van der Waals surface area contributed by atoms with Gasteiger partial charge in [0.25, 0.3) is 0 Å². The molecule has 0 aliphatic carbocycles. The minimum absolute atomic E-state index is 0.647. The Morgan fingerprint density at radius 2 is 1.67 bits per heavy atom. The first-order valence-electron chi connectivity index (χ1n) is 11.3. The van der Waals surface area contributed by atoms with Crippen LogP contribution in [0.1, 0.15) is 30.4 Å². The van der Waals surface area contributed by atoms with Crippen LogP contribution in [0.15, 0.2) is 59.6 Å². The van der Waals surface area contributed by atoms with E-state index in [1.165, 1.54) is 49.2 Å². The maximum atomic E-state index is 4.40. The molecular weight excluding hydrogens is 370 g/mol. The fraction of sp³-hybridized carbons (Fsp3) is 0.480. The summed E-state index contributed by atoms with van der Waals surface area (Å²) in [6, 6.07) is 19.7. The Hall–Kier alpha value is -2.53. The van der Waals surface area contributed by atoms with Gasteiger partial charge in [0, 0.05) is 45.5 Å². The molecule has 4 rings (SSSR count). The van der Waals surface area contributed by atoms with Crippen molar-refractivity contribution >= 4 is 11.6 Å². The molecule has 0 radical (unpaired) electrons. The van der Waals surface area contributed by atoms with Crippen molar-refractivity contribution in [1.82, 2.24) is 15.5 Å². The van der Waals surface area contributed by atoms with Crippen molar-refractivity contribution in [3.8, 4) is 0 Å². The number of para-hydroxylation sites is 1. The first-order valence-corrected chi connectivity index (χ1v) is 11.3. The van der Waals surface area contributed by atoms with Crippen LogP contribution in [-0.4, -0.2) is 50.6 Å². The third kappa shape index (κ3) is 5.76. The molecule has 5 nitrogen and oxygen atoms in total. The lowest BCUT2D eigenvalue weighted by Crippen LogP contribution is -2.39. The standard InChI is InChI=1S/C25H35N5/c1-26-25(28-18-23-13-16-30(20-23)24-7-3-2-4-8-24)27-17-21-9-11-22(12-10-21)19-29-14-5-6-15-29/h2-4,7-12,23H,5-6,13-20H2,1H3,(H2,26,27,28). The Morgan fingerprint density at radius 1 is 0.933 bits per heavy atom. The van der Waals surface area contributed by atoms with E-state index in [0.717, 1.165) is 38.7 Å². The molecule has 0 aromatic heterocycles. The van der Waals surface area contributed by atoms with Crippen molar-refractivity contribution in [1.29, 1.82) is 0 Å². The van der Waals surface area contributed by atoms with E-state index in [-0.39, 0.29) is 0 Å². The number of aliphatic imine (C=N–C) groups is 1. The van der Waals surface area contributed by atoms with Crippen molar-refractivity contribution < 1.29 is 0 Å². The fourth-order valence-electron chi connectivity index (χ4n) is 4.48. The second kappa shape index (κ2) is 10.5. The molecule has 2 N–H and O–H groups in total. The molecule has 2 aromatic carbocycles. The number of hydrogen-bond acceptors (Lipinski definition) is 3. The lowest BCUT2D eigenvalue weighted by Gasteiger charge is -2.19. The van der Waals surface area contributed by atoms with Crippen LogP contribution in [-0.2, 0) is 13.1 Å². The van der Waals surface area contributed by atoms with Crippen LogP contribution in [0.3, 0.4) is 0 Å². The topological polar surface area (TPSA) is 42.9 Å². The van der Waals surface area contributed by atoms with Gasteiger partial charge in [-0.3, -0.25) is 9.89 Å². The van der Waals surface area contributed by atoms with Gasteiger partial charge in [-0.1, -0.05) is 42.5 Å². The Morgan fingerprint density at radius 3 is 2.40 bits per heavy atom. The lowest BCUT2D eigenvalue weighted by molar-refractivity contribution is 0.331. The highest BCUT2D eigenvalue weighted by atomic mass is 15.2. The summed E-state index contributed by atoms with van der Waals surface area (Å²) in [4.78, 5) is 9.42. The van der Waals surface area contributed by atoms with Crippen molar-refractivity contribution in [3.63, 3.8) is 0 Å². The maximum Gasteiger partial charge on any atom is 0.191 e. The van der Waals surface area contributed by atoms with Crippen LogP contribution in [0, 0.1) is 5.92 Å². The summed E-state index contributed by atoms with van der Waals surface area (Å²) in [6.07, 6.45) is 3.91. The second-order valence-corrected chi connectivity index (χ2v) is 8.54. The Bertz CT molecular complexity index is 796. The van der Waals surface area contributed by atoms with E-state index in [9.17, 15) is 0 Å². The van der Waals surface area contributed by atoms with Crippen molar-refractivity contribution in [2.24, 2.45) is 10.9 Å². The number of guanidine groups is 1. The highest BCUT2D eigenvalue weighted by Crippen LogP contribution is 2.22. The molecule has 1 atom stereocenters. The molecule has 1 unspecified atom stereocenters. The van der Waals surface area contributed by atoms with Crippen LogP contribution in [0.2, 0.25) is 0 Å². The third-order valence-electron chi connectivity index (χ3n) is 6.28. The van der Waals surface area contributed by atoms with Crippen LogP contribution in [0.5, 0.6) is 0 Å². The largest absolute Gasteiger partial charge is 0.371 e. The van der Waals surface area contributed by atoms with E-state index >= 15 is 0 Å².